The van der Waals surface area contributed by atoms with Gasteiger partial charge >= 0.3 is 5.97 Å². The van der Waals surface area contributed by atoms with Crippen molar-refractivity contribution in [2.75, 3.05) is 13.7 Å². The quantitative estimate of drug-likeness (QED) is 0.129. The molecular formula is C40H54N4O5. The molecule has 1 aliphatic carbocycles. The van der Waals surface area contributed by atoms with Crippen LogP contribution in [0, 0.1) is 37.5 Å². The molecule has 1 saturated heterocycles. The fraction of sp³-hybridized carbons (Fsp3) is 0.525. The van der Waals surface area contributed by atoms with Gasteiger partial charge in [-0.25, -0.2) is 0 Å². The van der Waals surface area contributed by atoms with Gasteiger partial charge in [0.25, 0.3) is 0 Å². The van der Waals surface area contributed by atoms with Gasteiger partial charge in [-0.2, -0.15) is 0 Å². The van der Waals surface area contributed by atoms with E-state index in [1.54, 1.807) is 0 Å². The molecule has 7 atom stereocenters. The highest BCUT2D eigenvalue weighted by Crippen LogP contribution is 2.45. The predicted octanol–water partition coefficient (Wildman–Crippen LogP) is 4.79. The van der Waals surface area contributed by atoms with Crippen molar-refractivity contribution in [1.29, 1.82) is 0 Å². The number of allylic oxidation sites excluding steroid dienone is 4. The third-order valence-electron chi connectivity index (χ3n) is 11.5. The maximum absolute atomic E-state index is 13.5. The molecule has 9 heteroatoms. The van der Waals surface area contributed by atoms with Crippen molar-refractivity contribution < 1.29 is 24.5 Å². The molecule has 264 valence electrons. The van der Waals surface area contributed by atoms with Crippen LogP contribution in [0.3, 0.4) is 0 Å². The average Bonchev–Trinajstić information content (AvgIpc) is 3.80. The molecule has 0 saturated carbocycles. The molecular weight excluding hydrogens is 616 g/mol. The summed E-state index contributed by atoms with van der Waals surface area (Å²) in [5, 5.41) is 32.0. The van der Waals surface area contributed by atoms with Crippen LogP contribution in [0.5, 0.6) is 0 Å². The number of nitrogens with one attached hydrogen (secondary N) is 4. The topological polar surface area (TPSA) is 132 Å². The number of aliphatic hydroxyl groups is 2. The Balaban J connectivity index is 1.57. The standard InChI is InChI=1S/C40H54N4O5/c1-10-24-20(5)27-16-29-22(7)26(12-13-33(45)49-15-14-19(3)4)37(43-29)35-36(40(47)48-9)39(46)34-23(8)30(44-38(34)35)18-32-25(11-2)21(6)28(42-32)17-31(24)41-27/h14,16-18,22,24,26,33,36-37,39,41-46H,10-13,15H2,1-9H3/b29-16-,30-18-,31-17-/t22-,24+,26-,33?,36+,37?,39+/m0/s1. The van der Waals surface area contributed by atoms with Gasteiger partial charge in [-0.3, -0.25) is 4.79 Å². The maximum atomic E-state index is 13.5. The van der Waals surface area contributed by atoms with Crippen LogP contribution in [0.15, 0.2) is 40.4 Å². The minimum atomic E-state index is -1.05. The van der Waals surface area contributed by atoms with Crippen LogP contribution < -0.4 is 21.3 Å². The second kappa shape index (κ2) is 13.8. The lowest BCUT2D eigenvalue weighted by atomic mass is 9.80. The first kappa shape index (κ1) is 35.1. The second-order valence-electron chi connectivity index (χ2n) is 14.5. The van der Waals surface area contributed by atoms with Crippen molar-refractivity contribution in [2.24, 2.45) is 23.7 Å². The number of fused-ring (bicyclic) bond motifs is 8. The summed E-state index contributed by atoms with van der Waals surface area (Å²) in [7, 11) is 1.38. The van der Waals surface area contributed by atoms with E-state index in [9.17, 15) is 15.0 Å². The molecule has 4 aliphatic rings. The maximum Gasteiger partial charge on any atom is 0.315 e. The van der Waals surface area contributed by atoms with Gasteiger partial charge in [0.15, 0.2) is 6.29 Å². The number of carbonyl (C=O) groups excluding carboxylic acids is 1. The normalized spacial score (nSPS) is 29.0. The first-order chi connectivity index (χ1) is 23.4. The summed E-state index contributed by atoms with van der Waals surface area (Å²) in [4.78, 5) is 20.9. The van der Waals surface area contributed by atoms with E-state index in [4.69, 9.17) is 9.47 Å². The molecule has 0 aromatic carbocycles. The fourth-order valence-corrected chi connectivity index (χ4v) is 8.61. The van der Waals surface area contributed by atoms with E-state index in [0.717, 1.165) is 68.6 Å². The van der Waals surface area contributed by atoms with E-state index in [2.05, 4.69) is 73.4 Å². The van der Waals surface area contributed by atoms with Gasteiger partial charge in [0.2, 0.25) is 0 Å². The molecule has 2 aromatic rings. The van der Waals surface area contributed by atoms with Crippen molar-refractivity contribution >= 4 is 23.7 Å². The lowest BCUT2D eigenvalue weighted by molar-refractivity contribution is -0.146. The predicted molar refractivity (Wildman–Crippen MR) is 193 cm³/mol. The van der Waals surface area contributed by atoms with Crippen LogP contribution in [0.1, 0.15) is 101 Å². The first-order valence-electron chi connectivity index (χ1n) is 17.9. The van der Waals surface area contributed by atoms with Crippen LogP contribution in [0.2, 0.25) is 0 Å². The Bertz CT molecular complexity index is 1880. The molecule has 6 rings (SSSR count). The number of methoxy groups -OCH3 is 1. The summed E-state index contributed by atoms with van der Waals surface area (Å²) >= 11 is 0. The summed E-state index contributed by atoms with van der Waals surface area (Å²) in [6.45, 7) is 17.4. The number of aromatic amines is 2. The monoisotopic (exact) mass is 670 g/mol. The number of hydrogen-bond donors (Lipinski definition) is 6. The second-order valence-corrected chi connectivity index (χ2v) is 14.5. The number of hydrogen-bond acceptors (Lipinski definition) is 7. The zero-order chi connectivity index (χ0) is 35.3. The van der Waals surface area contributed by atoms with Gasteiger partial charge in [-0.1, -0.05) is 32.4 Å². The van der Waals surface area contributed by atoms with Gasteiger partial charge in [0, 0.05) is 56.6 Å². The number of ether oxygens (including phenoxy) is 2. The van der Waals surface area contributed by atoms with E-state index in [1.807, 2.05) is 26.8 Å². The van der Waals surface area contributed by atoms with Crippen LogP contribution in [-0.4, -0.2) is 52.2 Å². The van der Waals surface area contributed by atoms with E-state index >= 15 is 0 Å². The molecule has 1 fully saturated rings. The first-order valence-corrected chi connectivity index (χ1v) is 17.9. The molecule has 49 heavy (non-hydrogen) atoms. The largest absolute Gasteiger partial charge is 0.468 e. The molecule has 2 unspecified atom stereocenters. The van der Waals surface area contributed by atoms with Gasteiger partial charge in [0.05, 0.1) is 25.9 Å². The van der Waals surface area contributed by atoms with Crippen LogP contribution in [0.25, 0.3) is 17.7 Å². The molecule has 0 spiro atoms. The SMILES string of the molecule is CCc1c2[nH]c(c1C)/C=C1\NC(=C(C)[C@H]1CC)/C=C1\NC(C3=c4[nH]/c(c(C)c4[C@@H](O)[C@@H]3C(=O)OC)=C\2)[C@@H](CCC(O)OCC=C(C)C)[C@@H]1C. The van der Waals surface area contributed by atoms with Crippen molar-refractivity contribution in [3.05, 3.63) is 84.7 Å². The third kappa shape index (κ3) is 6.15. The molecule has 3 aliphatic heterocycles. The lowest BCUT2D eigenvalue weighted by Crippen LogP contribution is -2.37. The highest BCUT2D eigenvalue weighted by atomic mass is 16.6. The van der Waals surface area contributed by atoms with Crippen molar-refractivity contribution in [3.8, 4) is 0 Å². The summed E-state index contributed by atoms with van der Waals surface area (Å²) in [5.74, 6) is -0.999. The van der Waals surface area contributed by atoms with Gasteiger partial charge in [-0.15, -0.1) is 0 Å². The number of H-pyrrole nitrogens is 2. The van der Waals surface area contributed by atoms with Crippen molar-refractivity contribution in [1.82, 2.24) is 20.6 Å². The Labute approximate surface area is 290 Å². The summed E-state index contributed by atoms with van der Waals surface area (Å²) in [6, 6.07) is -0.296. The van der Waals surface area contributed by atoms with E-state index < -0.39 is 24.3 Å². The molecule has 0 radical (unpaired) electrons. The number of aliphatic hydroxyl groups excluding tert-OH is 2. The zero-order valence-corrected chi connectivity index (χ0v) is 30.5. The minimum Gasteiger partial charge on any atom is -0.468 e. The van der Waals surface area contributed by atoms with Crippen LogP contribution in [-0.2, 0) is 20.7 Å². The van der Waals surface area contributed by atoms with Gasteiger partial charge < -0.3 is 40.3 Å². The number of rotatable bonds is 9. The fourth-order valence-electron chi connectivity index (χ4n) is 8.61. The summed E-state index contributed by atoms with van der Waals surface area (Å²) < 4.78 is 11.1. The Kier molecular flexibility index (Phi) is 9.90. The number of esters is 1. The third-order valence-corrected chi connectivity index (χ3v) is 11.5. The number of aromatic nitrogens is 2. The van der Waals surface area contributed by atoms with E-state index in [1.165, 1.54) is 29.5 Å². The van der Waals surface area contributed by atoms with Crippen LogP contribution in [0.4, 0.5) is 0 Å². The average molecular weight is 671 g/mol. The van der Waals surface area contributed by atoms with Crippen molar-refractivity contribution in [2.45, 2.75) is 99.5 Å². The minimum absolute atomic E-state index is 0.000778. The smallest absolute Gasteiger partial charge is 0.315 e. The summed E-state index contributed by atoms with van der Waals surface area (Å²) in [6.07, 6.45) is 9.56. The number of carbonyl (C=O) groups is 1. The Morgan fingerprint density at radius 3 is 2.47 bits per heavy atom. The Morgan fingerprint density at radius 1 is 1.04 bits per heavy atom. The van der Waals surface area contributed by atoms with Gasteiger partial charge in [0.1, 0.15) is 5.92 Å². The highest BCUT2D eigenvalue weighted by Gasteiger charge is 2.49. The zero-order valence-electron chi connectivity index (χ0n) is 30.5. The molecule has 2 aromatic heterocycles. The van der Waals surface area contributed by atoms with Crippen molar-refractivity contribution in [3.63, 3.8) is 0 Å². The van der Waals surface area contributed by atoms with E-state index in [0.29, 0.717) is 19.4 Å². The summed E-state index contributed by atoms with van der Waals surface area (Å²) in [5.41, 5.74) is 12.8. The highest BCUT2D eigenvalue weighted by molar-refractivity contribution is 5.88. The van der Waals surface area contributed by atoms with E-state index in [-0.39, 0.29) is 23.8 Å². The van der Waals surface area contributed by atoms with Gasteiger partial charge in [-0.05, 0) is 112 Å². The molecule has 5 heterocycles. The molecule has 0 amide bonds. The lowest BCUT2D eigenvalue weighted by Gasteiger charge is -2.28. The Hall–Kier alpha value is -3.79. The molecule has 8 bridgehead atoms. The molecule has 6 N–H and O–H groups in total. The Morgan fingerprint density at radius 2 is 1.80 bits per heavy atom. The molecule has 9 nitrogen and oxygen atoms in total. The van der Waals surface area contributed by atoms with Crippen LogP contribution >= 0.6 is 0 Å².